The highest BCUT2D eigenvalue weighted by molar-refractivity contribution is 5.95. The molecule has 0 N–H and O–H groups in total. The fraction of sp³-hybridized carbons (Fsp3) is 0.375. The first-order chi connectivity index (χ1) is 10.1. The molecular formula is C16H18N2O3. The van der Waals surface area contributed by atoms with Crippen molar-refractivity contribution in [3.8, 4) is 0 Å². The average molecular weight is 286 g/mol. The molecule has 0 bridgehead atoms. The molecule has 1 fully saturated rings. The lowest BCUT2D eigenvalue weighted by molar-refractivity contribution is -0.0230. The number of amides is 1. The van der Waals surface area contributed by atoms with Crippen LogP contribution in [0.3, 0.4) is 0 Å². The number of pyridine rings is 1. The lowest BCUT2D eigenvalue weighted by Crippen LogP contribution is -2.42. The van der Waals surface area contributed by atoms with E-state index >= 15 is 0 Å². The van der Waals surface area contributed by atoms with E-state index in [2.05, 4.69) is 4.98 Å². The molecular weight excluding hydrogens is 268 g/mol. The summed E-state index contributed by atoms with van der Waals surface area (Å²) in [6, 6.07) is 5.65. The minimum absolute atomic E-state index is 0.00143. The van der Waals surface area contributed by atoms with Gasteiger partial charge < -0.3 is 14.1 Å². The highest BCUT2D eigenvalue weighted by atomic mass is 16.5. The number of carbonyl (C=O) groups is 1. The summed E-state index contributed by atoms with van der Waals surface area (Å²) in [5.74, 6) is 1.43. The Morgan fingerprint density at radius 1 is 1.43 bits per heavy atom. The van der Waals surface area contributed by atoms with Crippen LogP contribution < -0.4 is 0 Å². The van der Waals surface area contributed by atoms with Crippen LogP contribution in [0.4, 0.5) is 0 Å². The van der Waals surface area contributed by atoms with Crippen LogP contribution >= 0.6 is 0 Å². The van der Waals surface area contributed by atoms with Crippen molar-refractivity contribution < 1.29 is 13.9 Å². The molecule has 1 aliphatic rings. The Morgan fingerprint density at radius 3 is 2.95 bits per heavy atom. The van der Waals surface area contributed by atoms with Gasteiger partial charge in [-0.15, -0.1) is 0 Å². The van der Waals surface area contributed by atoms with Crippen LogP contribution in [0.2, 0.25) is 0 Å². The topological polar surface area (TPSA) is 55.6 Å². The molecule has 2 aromatic heterocycles. The number of ether oxygens (including phenoxy) is 1. The molecule has 2 aromatic rings. The fourth-order valence-electron chi connectivity index (χ4n) is 2.62. The van der Waals surface area contributed by atoms with Crippen molar-refractivity contribution in [2.45, 2.75) is 20.0 Å². The normalized spacial score (nSPS) is 18.8. The molecule has 3 heterocycles. The Balaban J connectivity index is 1.77. The SMILES string of the molecule is Cc1cc(C(=O)N2CCO[C@H](c3cccnc3)C2)c(C)o1. The summed E-state index contributed by atoms with van der Waals surface area (Å²) in [7, 11) is 0. The number of aryl methyl sites for hydroxylation is 2. The molecule has 5 heteroatoms. The second kappa shape index (κ2) is 5.69. The summed E-state index contributed by atoms with van der Waals surface area (Å²) in [6.07, 6.45) is 3.39. The molecule has 0 unspecified atom stereocenters. The Bertz CT molecular complexity index is 636. The summed E-state index contributed by atoms with van der Waals surface area (Å²) < 4.78 is 11.2. The standard InChI is InChI=1S/C16H18N2O3/c1-11-8-14(12(2)21-11)16(19)18-6-7-20-15(10-18)13-4-3-5-17-9-13/h3-5,8-9,15H,6-7,10H2,1-2H3/t15-/m0/s1. The number of nitrogens with zero attached hydrogens (tertiary/aromatic N) is 2. The van der Waals surface area contributed by atoms with Gasteiger partial charge in [0.05, 0.1) is 18.7 Å². The average Bonchev–Trinajstić information content (AvgIpc) is 2.86. The Labute approximate surface area is 123 Å². The zero-order valence-electron chi connectivity index (χ0n) is 12.2. The minimum Gasteiger partial charge on any atom is -0.466 e. The molecule has 1 saturated heterocycles. The van der Waals surface area contributed by atoms with Gasteiger partial charge in [-0.05, 0) is 26.0 Å². The summed E-state index contributed by atoms with van der Waals surface area (Å²) in [4.78, 5) is 18.5. The highest BCUT2D eigenvalue weighted by Gasteiger charge is 2.28. The van der Waals surface area contributed by atoms with Gasteiger partial charge in [-0.3, -0.25) is 9.78 Å². The summed E-state index contributed by atoms with van der Waals surface area (Å²) in [5, 5.41) is 0. The Hall–Kier alpha value is -2.14. The van der Waals surface area contributed by atoms with Crippen LogP contribution in [0.5, 0.6) is 0 Å². The van der Waals surface area contributed by atoms with Crippen molar-refractivity contribution in [3.63, 3.8) is 0 Å². The van der Waals surface area contributed by atoms with E-state index in [1.807, 2.05) is 30.9 Å². The van der Waals surface area contributed by atoms with Crippen molar-refractivity contribution in [2.75, 3.05) is 19.7 Å². The first-order valence-electron chi connectivity index (χ1n) is 7.03. The third kappa shape index (κ3) is 2.83. The van der Waals surface area contributed by atoms with E-state index in [0.29, 0.717) is 31.0 Å². The molecule has 1 aliphatic heterocycles. The molecule has 0 saturated carbocycles. The van der Waals surface area contributed by atoms with E-state index in [1.165, 1.54) is 0 Å². The van der Waals surface area contributed by atoms with Gasteiger partial charge in [-0.2, -0.15) is 0 Å². The lowest BCUT2D eigenvalue weighted by atomic mass is 10.1. The van der Waals surface area contributed by atoms with E-state index in [1.54, 1.807) is 18.5 Å². The summed E-state index contributed by atoms with van der Waals surface area (Å²) in [6.45, 7) is 5.33. The van der Waals surface area contributed by atoms with E-state index in [0.717, 1.165) is 11.3 Å². The first-order valence-corrected chi connectivity index (χ1v) is 7.03. The number of hydrogen-bond acceptors (Lipinski definition) is 4. The van der Waals surface area contributed by atoms with E-state index in [-0.39, 0.29) is 12.0 Å². The third-order valence-electron chi connectivity index (χ3n) is 3.68. The Kier molecular flexibility index (Phi) is 3.75. The molecule has 5 nitrogen and oxygen atoms in total. The maximum absolute atomic E-state index is 12.6. The molecule has 0 aromatic carbocycles. The zero-order valence-corrected chi connectivity index (χ0v) is 12.2. The van der Waals surface area contributed by atoms with Gasteiger partial charge in [0.15, 0.2) is 0 Å². The minimum atomic E-state index is -0.121. The van der Waals surface area contributed by atoms with Gasteiger partial charge in [0.1, 0.15) is 17.6 Å². The van der Waals surface area contributed by atoms with Crippen LogP contribution in [-0.4, -0.2) is 35.5 Å². The molecule has 1 amide bonds. The van der Waals surface area contributed by atoms with Crippen molar-refractivity contribution in [1.82, 2.24) is 9.88 Å². The molecule has 0 aliphatic carbocycles. The monoisotopic (exact) mass is 286 g/mol. The van der Waals surface area contributed by atoms with Gasteiger partial charge in [0.2, 0.25) is 0 Å². The van der Waals surface area contributed by atoms with E-state index in [9.17, 15) is 4.79 Å². The van der Waals surface area contributed by atoms with Gasteiger partial charge in [-0.25, -0.2) is 0 Å². The molecule has 110 valence electrons. The first kappa shape index (κ1) is 13.8. The molecule has 0 spiro atoms. The number of hydrogen-bond donors (Lipinski definition) is 0. The Morgan fingerprint density at radius 2 is 2.29 bits per heavy atom. The van der Waals surface area contributed by atoms with Crippen LogP contribution in [0.25, 0.3) is 0 Å². The molecule has 3 rings (SSSR count). The highest BCUT2D eigenvalue weighted by Crippen LogP contribution is 2.24. The largest absolute Gasteiger partial charge is 0.466 e. The molecule has 0 radical (unpaired) electrons. The van der Waals surface area contributed by atoms with Crippen LogP contribution in [0.1, 0.15) is 33.5 Å². The molecule has 21 heavy (non-hydrogen) atoms. The van der Waals surface area contributed by atoms with Crippen molar-refractivity contribution >= 4 is 5.91 Å². The number of rotatable bonds is 2. The number of furan rings is 1. The lowest BCUT2D eigenvalue weighted by Gasteiger charge is -2.33. The maximum atomic E-state index is 12.6. The van der Waals surface area contributed by atoms with Crippen LogP contribution in [-0.2, 0) is 4.74 Å². The van der Waals surface area contributed by atoms with Gasteiger partial charge in [-0.1, -0.05) is 6.07 Å². The quantitative estimate of drug-likeness (QED) is 0.851. The van der Waals surface area contributed by atoms with Crippen LogP contribution in [0.15, 0.2) is 35.0 Å². The number of carbonyl (C=O) groups excluding carboxylic acids is 1. The number of aromatic nitrogens is 1. The van der Waals surface area contributed by atoms with Crippen molar-refractivity contribution in [1.29, 1.82) is 0 Å². The fourth-order valence-corrected chi connectivity index (χ4v) is 2.62. The third-order valence-corrected chi connectivity index (χ3v) is 3.68. The van der Waals surface area contributed by atoms with E-state index < -0.39 is 0 Å². The second-order valence-electron chi connectivity index (χ2n) is 5.22. The van der Waals surface area contributed by atoms with E-state index in [4.69, 9.17) is 9.15 Å². The van der Waals surface area contributed by atoms with Crippen LogP contribution in [0, 0.1) is 13.8 Å². The number of morpholine rings is 1. The van der Waals surface area contributed by atoms with Gasteiger partial charge >= 0.3 is 0 Å². The molecule has 1 atom stereocenters. The van der Waals surface area contributed by atoms with Crippen molar-refractivity contribution in [2.24, 2.45) is 0 Å². The predicted octanol–water partition coefficient (Wildman–Crippen LogP) is 2.51. The predicted molar refractivity (Wildman–Crippen MR) is 77.0 cm³/mol. The second-order valence-corrected chi connectivity index (χ2v) is 5.22. The zero-order chi connectivity index (χ0) is 14.8. The maximum Gasteiger partial charge on any atom is 0.257 e. The van der Waals surface area contributed by atoms with Gasteiger partial charge in [0, 0.05) is 24.5 Å². The summed E-state index contributed by atoms with van der Waals surface area (Å²) in [5.41, 5.74) is 1.63. The van der Waals surface area contributed by atoms with Gasteiger partial charge in [0.25, 0.3) is 5.91 Å². The smallest absolute Gasteiger partial charge is 0.257 e. The summed E-state index contributed by atoms with van der Waals surface area (Å²) >= 11 is 0. The van der Waals surface area contributed by atoms with Crippen molar-refractivity contribution in [3.05, 3.63) is 53.2 Å².